The van der Waals surface area contributed by atoms with Crippen molar-refractivity contribution in [3.05, 3.63) is 59.2 Å². The molecule has 0 aliphatic heterocycles. The van der Waals surface area contributed by atoms with Gasteiger partial charge >= 0.3 is 0 Å². The molecule has 0 saturated heterocycles. The highest BCUT2D eigenvalue weighted by molar-refractivity contribution is 5.94. The molecule has 1 aliphatic rings. The lowest BCUT2D eigenvalue weighted by molar-refractivity contribution is 0.0958. The minimum Gasteiger partial charge on any atom is -0.366 e. The maximum absolute atomic E-state index is 12.3. The van der Waals surface area contributed by atoms with E-state index in [0.717, 1.165) is 36.1 Å². The van der Waals surface area contributed by atoms with Crippen molar-refractivity contribution in [1.82, 2.24) is 25.5 Å². The number of nitrogens with one attached hydrogen (secondary N) is 3. The molecule has 3 aromatic rings. The van der Waals surface area contributed by atoms with Crippen LogP contribution in [0.2, 0.25) is 0 Å². The topological polar surface area (TPSA) is 95.6 Å². The Morgan fingerprint density at radius 2 is 2.17 bits per heavy atom. The fourth-order valence-electron chi connectivity index (χ4n) is 3.78. The Hall–Kier alpha value is -3.22. The molecule has 3 N–H and O–H groups in total. The van der Waals surface area contributed by atoms with Crippen LogP contribution in [0.1, 0.15) is 47.6 Å². The third-order valence-electron chi connectivity index (χ3n) is 5.41. The molecule has 1 aliphatic carbocycles. The summed E-state index contributed by atoms with van der Waals surface area (Å²) in [6.45, 7) is 5.14. The maximum Gasteiger partial charge on any atom is 0.269 e. The number of H-pyrrole nitrogens is 1. The first-order valence-electron chi connectivity index (χ1n) is 9.88. The Morgan fingerprint density at radius 1 is 1.31 bits per heavy atom. The number of hydrogen-bond donors (Lipinski definition) is 3. The number of fused-ring (bicyclic) bond motifs is 1. The van der Waals surface area contributed by atoms with Gasteiger partial charge in [0, 0.05) is 42.8 Å². The second-order valence-electron chi connectivity index (χ2n) is 8.29. The molecule has 0 radical (unpaired) electrons. The molecule has 7 nitrogen and oxygen atoms in total. The largest absolute Gasteiger partial charge is 0.366 e. The molecule has 7 heteroatoms. The van der Waals surface area contributed by atoms with Crippen LogP contribution in [0.25, 0.3) is 11.3 Å². The predicted molar refractivity (Wildman–Crippen MR) is 113 cm³/mol. The highest BCUT2D eigenvalue weighted by Crippen LogP contribution is 2.38. The number of hydrogen-bond acceptors (Lipinski definition) is 5. The quantitative estimate of drug-likeness (QED) is 0.621. The van der Waals surface area contributed by atoms with Crippen molar-refractivity contribution in [3.8, 4) is 11.3 Å². The first-order chi connectivity index (χ1) is 13.9. The van der Waals surface area contributed by atoms with Crippen LogP contribution < -0.4 is 10.6 Å². The molecular formula is C22H26N6O. The molecule has 3 aromatic heterocycles. The van der Waals surface area contributed by atoms with Crippen LogP contribution in [0.5, 0.6) is 0 Å². The second kappa shape index (κ2) is 7.66. The molecule has 0 saturated carbocycles. The summed E-state index contributed by atoms with van der Waals surface area (Å²) in [5.41, 5.74) is 5.93. The van der Waals surface area contributed by atoms with Crippen LogP contribution in [-0.2, 0) is 19.4 Å². The molecule has 0 fully saturated rings. The van der Waals surface area contributed by atoms with E-state index in [-0.39, 0.29) is 11.3 Å². The highest BCUT2D eigenvalue weighted by Gasteiger charge is 2.29. The Labute approximate surface area is 170 Å². The van der Waals surface area contributed by atoms with Gasteiger partial charge in [0.15, 0.2) is 0 Å². The zero-order valence-electron chi connectivity index (χ0n) is 17.0. The minimum atomic E-state index is -0.221. The van der Waals surface area contributed by atoms with Crippen molar-refractivity contribution < 1.29 is 4.79 Å². The molecule has 4 rings (SSSR count). The van der Waals surface area contributed by atoms with E-state index in [1.54, 1.807) is 13.2 Å². The van der Waals surface area contributed by atoms with Gasteiger partial charge in [-0.1, -0.05) is 19.9 Å². The van der Waals surface area contributed by atoms with Crippen LogP contribution in [0.15, 0.2) is 36.7 Å². The number of nitrogens with zero attached hydrogens (tertiary/aromatic N) is 3. The van der Waals surface area contributed by atoms with E-state index in [1.807, 2.05) is 30.5 Å². The summed E-state index contributed by atoms with van der Waals surface area (Å²) in [4.78, 5) is 20.9. The zero-order chi connectivity index (χ0) is 20.4. The molecule has 0 unspecified atom stereocenters. The molecule has 0 aromatic carbocycles. The summed E-state index contributed by atoms with van der Waals surface area (Å²) in [7, 11) is 1.61. The average molecular weight is 390 g/mol. The van der Waals surface area contributed by atoms with E-state index in [2.05, 4.69) is 44.6 Å². The van der Waals surface area contributed by atoms with Gasteiger partial charge in [0.05, 0.1) is 5.69 Å². The molecule has 0 atom stereocenters. The number of carbonyl (C=O) groups excluding carboxylic acids is 1. The maximum atomic E-state index is 12.3. The van der Waals surface area contributed by atoms with Crippen molar-refractivity contribution in [2.45, 2.75) is 39.7 Å². The smallest absolute Gasteiger partial charge is 0.269 e. The van der Waals surface area contributed by atoms with Gasteiger partial charge in [0.2, 0.25) is 0 Å². The first-order valence-corrected chi connectivity index (χ1v) is 9.88. The Balaban J connectivity index is 1.68. The molecule has 0 spiro atoms. The van der Waals surface area contributed by atoms with E-state index in [9.17, 15) is 4.79 Å². The van der Waals surface area contributed by atoms with Crippen molar-refractivity contribution in [2.75, 3.05) is 12.4 Å². The Kier molecular flexibility index (Phi) is 5.05. The van der Waals surface area contributed by atoms with E-state index in [0.29, 0.717) is 18.1 Å². The highest BCUT2D eigenvalue weighted by atomic mass is 16.1. The van der Waals surface area contributed by atoms with Crippen molar-refractivity contribution in [2.24, 2.45) is 5.41 Å². The zero-order valence-corrected chi connectivity index (χ0v) is 17.0. The number of rotatable bonds is 5. The molecule has 29 heavy (non-hydrogen) atoms. The van der Waals surface area contributed by atoms with Crippen LogP contribution >= 0.6 is 0 Å². The number of carbonyl (C=O) groups is 1. The third-order valence-corrected chi connectivity index (χ3v) is 5.41. The second-order valence-corrected chi connectivity index (χ2v) is 8.29. The molecular weight excluding hydrogens is 364 g/mol. The van der Waals surface area contributed by atoms with Crippen molar-refractivity contribution in [1.29, 1.82) is 0 Å². The molecule has 0 bridgehead atoms. The fourth-order valence-corrected chi connectivity index (χ4v) is 3.78. The van der Waals surface area contributed by atoms with Crippen LogP contribution in [0.4, 0.5) is 5.82 Å². The van der Waals surface area contributed by atoms with Crippen molar-refractivity contribution >= 4 is 11.7 Å². The lowest BCUT2D eigenvalue weighted by atomic mass is 9.76. The molecule has 150 valence electrons. The van der Waals surface area contributed by atoms with E-state index in [4.69, 9.17) is 0 Å². The van der Waals surface area contributed by atoms with Crippen LogP contribution in [-0.4, -0.2) is 33.1 Å². The summed E-state index contributed by atoms with van der Waals surface area (Å²) in [5.74, 6) is 0.416. The Bertz CT molecular complexity index is 1030. The molecule has 3 heterocycles. The van der Waals surface area contributed by atoms with Gasteiger partial charge in [-0.2, -0.15) is 5.10 Å². The van der Waals surface area contributed by atoms with Gasteiger partial charge in [-0.25, -0.2) is 4.98 Å². The average Bonchev–Trinajstić information content (AvgIpc) is 3.14. The van der Waals surface area contributed by atoms with E-state index >= 15 is 0 Å². The third kappa shape index (κ3) is 4.13. The van der Waals surface area contributed by atoms with Crippen molar-refractivity contribution in [3.63, 3.8) is 0 Å². The SMILES string of the molecule is CNC(=O)c1cc(-c2n[nH]c3c2CCC(C)(C)C3)cc(NCc2cccnc2)n1. The lowest BCUT2D eigenvalue weighted by Gasteiger charge is -2.29. The van der Waals surface area contributed by atoms with Gasteiger partial charge in [0.25, 0.3) is 5.91 Å². The van der Waals surface area contributed by atoms with Gasteiger partial charge in [0.1, 0.15) is 11.5 Å². The van der Waals surface area contributed by atoms with Crippen LogP contribution in [0.3, 0.4) is 0 Å². The van der Waals surface area contributed by atoms with Gasteiger partial charge < -0.3 is 10.6 Å². The monoisotopic (exact) mass is 390 g/mol. The molecule has 1 amide bonds. The predicted octanol–water partition coefficient (Wildman–Crippen LogP) is 3.35. The standard InChI is InChI=1S/C22H26N6O/c1-22(2)7-6-16-18(11-22)27-28-20(16)15-9-17(21(29)23-3)26-19(10-15)25-13-14-5-4-8-24-12-14/h4-5,8-10,12H,6-7,11,13H2,1-3H3,(H,23,29)(H,25,26)(H,27,28). The van der Waals surface area contributed by atoms with Gasteiger partial charge in [-0.15, -0.1) is 0 Å². The normalized spacial score (nSPS) is 14.9. The number of aromatic nitrogens is 4. The first kappa shape index (κ1) is 19.1. The number of anilines is 1. The number of amides is 1. The summed E-state index contributed by atoms with van der Waals surface area (Å²) in [6, 6.07) is 7.66. The van der Waals surface area contributed by atoms with E-state index in [1.165, 1.54) is 11.3 Å². The fraction of sp³-hybridized carbons (Fsp3) is 0.364. The Morgan fingerprint density at radius 3 is 2.93 bits per heavy atom. The number of aromatic amines is 1. The summed E-state index contributed by atoms with van der Waals surface area (Å²) in [6.07, 6.45) is 6.63. The lowest BCUT2D eigenvalue weighted by Crippen LogP contribution is -2.22. The minimum absolute atomic E-state index is 0.221. The van der Waals surface area contributed by atoms with Gasteiger partial charge in [-0.05, 0) is 48.4 Å². The summed E-state index contributed by atoms with van der Waals surface area (Å²) < 4.78 is 0. The van der Waals surface area contributed by atoms with E-state index < -0.39 is 0 Å². The summed E-state index contributed by atoms with van der Waals surface area (Å²) in [5, 5.41) is 13.8. The number of pyridine rings is 2. The summed E-state index contributed by atoms with van der Waals surface area (Å²) >= 11 is 0. The van der Waals surface area contributed by atoms with Gasteiger partial charge in [-0.3, -0.25) is 14.9 Å². The van der Waals surface area contributed by atoms with Crippen LogP contribution in [0, 0.1) is 5.41 Å².